The van der Waals surface area contributed by atoms with Crippen LogP contribution in [0.15, 0.2) is 121 Å². The van der Waals surface area contributed by atoms with Gasteiger partial charge in [0.15, 0.2) is 12.6 Å². The van der Waals surface area contributed by atoms with Crippen LogP contribution in [0.2, 0.25) is 10.1 Å². The van der Waals surface area contributed by atoms with E-state index in [1.807, 2.05) is 0 Å². The maximum Gasteiger partial charge on any atom is 0.261 e. The van der Waals surface area contributed by atoms with Crippen LogP contribution < -0.4 is 20.7 Å². The van der Waals surface area contributed by atoms with Crippen LogP contribution in [-0.2, 0) is 18.3 Å². The Labute approximate surface area is 339 Å². The number of aliphatic hydroxyl groups is 2. The predicted molar refractivity (Wildman–Crippen MR) is 235 cm³/mol. The zero-order valence-corrected chi connectivity index (χ0v) is 37.2. The Balaban J connectivity index is 0.000000214. The first-order valence-electron chi connectivity index (χ1n) is 20.9. The monoisotopic (exact) mass is 796 g/mol. The molecule has 6 atom stereocenters. The predicted octanol–water partition coefficient (Wildman–Crippen LogP) is 8.17. The molecule has 6 rings (SSSR count). The summed E-state index contributed by atoms with van der Waals surface area (Å²) in [6.45, 7) is 19.1. The Kier molecular flexibility index (Phi) is 15.5. The van der Waals surface area contributed by atoms with Gasteiger partial charge >= 0.3 is 0 Å². The molecule has 2 heterocycles. The van der Waals surface area contributed by atoms with Crippen molar-refractivity contribution in [1.29, 1.82) is 0 Å². The van der Waals surface area contributed by atoms with Crippen molar-refractivity contribution in [2.24, 2.45) is 11.8 Å². The van der Waals surface area contributed by atoms with Crippen molar-refractivity contribution in [1.82, 2.24) is 0 Å². The zero-order chi connectivity index (χ0) is 40.4. The summed E-state index contributed by atoms with van der Waals surface area (Å²) in [6.07, 6.45) is 4.32. The van der Waals surface area contributed by atoms with Crippen LogP contribution in [0.25, 0.3) is 0 Å². The molecule has 2 aliphatic rings. The first-order valence-corrected chi connectivity index (χ1v) is 24.8. The lowest BCUT2D eigenvalue weighted by Gasteiger charge is -2.43. The lowest BCUT2D eigenvalue weighted by atomic mass is 9.96. The third kappa shape index (κ3) is 10.0. The van der Waals surface area contributed by atoms with Crippen molar-refractivity contribution in [2.45, 2.75) is 129 Å². The van der Waals surface area contributed by atoms with Crippen molar-refractivity contribution in [3.63, 3.8) is 0 Å². The van der Waals surface area contributed by atoms with Crippen LogP contribution in [0.5, 0.6) is 0 Å². The highest BCUT2D eigenvalue weighted by Gasteiger charge is 2.52. The van der Waals surface area contributed by atoms with Crippen molar-refractivity contribution < 1.29 is 28.5 Å². The lowest BCUT2D eigenvalue weighted by molar-refractivity contribution is -0.102. The smallest absolute Gasteiger partial charge is 0.261 e. The summed E-state index contributed by atoms with van der Waals surface area (Å²) >= 11 is 0. The average molecular weight is 797 g/mol. The highest BCUT2D eigenvalue weighted by Crippen LogP contribution is 2.40. The lowest BCUT2D eigenvalue weighted by Crippen LogP contribution is -2.67. The van der Waals surface area contributed by atoms with Gasteiger partial charge in [0.1, 0.15) is 0 Å². The largest absolute Gasteiger partial charge is 0.405 e. The second-order valence-corrected chi connectivity index (χ2v) is 26.4. The normalized spacial score (nSPS) is 23.1. The molecular weight excluding hydrogens is 729 g/mol. The fourth-order valence-corrected chi connectivity index (χ4v) is 18.3. The fraction of sp³-hybridized carbons (Fsp3) is 0.500. The second-order valence-electron chi connectivity index (χ2n) is 17.8. The number of ether oxygens (including phenoxy) is 2. The number of aliphatic hydroxyl groups excluding tert-OH is 2. The molecule has 8 heteroatoms. The van der Waals surface area contributed by atoms with Crippen molar-refractivity contribution >= 4 is 37.4 Å². The topological polar surface area (TPSA) is 77.4 Å². The molecule has 0 spiro atoms. The molecule has 4 aromatic carbocycles. The zero-order valence-electron chi connectivity index (χ0n) is 35.2. The third-order valence-electron chi connectivity index (χ3n) is 11.8. The first kappa shape index (κ1) is 44.2. The quantitative estimate of drug-likeness (QED) is 0.126. The summed E-state index contributed by atoms with van der Waals surface area (Å²) in [5, 5.41) is 25.1. The third-order valence-corrected chi connectivity index (χ3v) is 21.8. The van der Waals surface area contributed by atoms with E-state index in [0.29, 0.717) is 37.9 Å². The Hall–Kier alpha value is -2.93. The van der Waals surface area contributed by atoms with Gasteiger partial charge < -0.3 is 28.5 Å². The number of hydrogen-bond acceptors (Lipinski definition) is 6. The van der Waals surface area contributed by atoms with Gasteiger partial charge in [0.05, 0.1) is 25.4 Å². The van der Waals surface area contributed by atoms with E-state index in [1.165, 1.54) is 20.7 Å². The van der Waals surface area contributed by atoms with Gasteiger partial charge in [-0.2, -0.15) is 0 Å². The average Bonchev–Trinajstić information content (AvgIpc) is 3.72. The molecule has 0 aromatic heterocycles. The van der Waals surface area contributed by atoms with E-state index in [2.05, 4.69) is 177 Å². The molecular formula is C48H68O6Si2. The Morgan fingerprint density at radius 3 is 1.00 bits per heavy atom. The van der Waals surface area contributed by atoms with Gasteiger partial charge in [0.2, 0.25) is 0 Å². The van der Waals surface area contributed by atoms with Crippen molar-refractivity contribution in [2.75, 3.05) is 13.2 Å². The minimum absolute atomic E-state index is 0.0448. The van der Waals surface area contributed by atoms with Crippen LogP contribution in [0.4, 0.5) is 0 Å². The Morgan fingerprint density at radius 1 is 0.500 bits per heavy atom. The molecule has 2 saturated heterocycles. The van der Waals surface area contributed by atoms with E-state index in [0.717, 1.165) is 25.7 Å². The van der Waals surface area contributed by atoms with Crippen LogP contribution in [0.1, 0.15) is 93.9 Å². The second kappa shape index (κ2) is 19.7. The molecule has 304 valence electrons. The maximum absolute atomic E-state index is 10.1. The highest BCUT2D eigenvalue weighted by molar-refractivity contribution is 7.00. The van der Waals surface area contributed by atoms with Gasteiger partial charge in [-0.1, -0.05) is 190 Å². The van der Waals surface area contributed by atoms with E-state index < -0.39 is 29.2 Å². The molecule has 6 nitrogen and oxygen atoms in total. The molecule has 0 saturated carbocycles. The van der Waals surface area contributed by atoms with Gasteiger partial charge in [-0.25, -0.2) is 0 Å². The van der Waals surface area contributed by atoms with Crippen molar-refractivity contribution in [3.05, 3.63) is 121 Å². The molecule has 4 aromatic rings. The first-order chi connectivity index (χ1) is 26.8. The fourth-order valence-electron chi connectivity index (χ4n) is 9.20. The summed E-state index contributed by atoms with van der Waals surface area (Å²) < 4.78 is 25.7. The van der Waals surface area contributed by atoms with E-state index >= 15 is 0 Å². The van der Waals surface area contributed by atoms with E-state index in [1.54, 1.807) is 0 Å². The molecule has 0 amide bonds. The maximum atomic E-state index is 10.1. The summed E-state index contributed by atoms with van der Waals surface area (Å²) in [4.78, 5) is 0. The minimum atomic E-state index is -2.55. The number of hydrogen-bond donors (Lipinski definition) is 2. The Bertz CT molecular complexity index is 1500. The molecule has 56 heavy (non-hydrogen) atoms. The van der Waals surface area contributed by atoms with Gasteiger partial charge in [-0.05, 0) is 55.5 Å². The van der Waals surface area contributed by atoms with Crippen LogP contribution >= 0.6 is 0 Å². The molecule has 0 aliphatic carbocycles. The van der Waals surface area contributed by atoms with Crippen LogP contribution in [0, 0.1) is 11.8 Å². The summed E-state index contributed by atoms with van der Waals surface area (Å²) in [7, 11) is -5.11. The Morgan fingerprint density at radius 2 is 0.768 bits per heavy atom. The SMILES string of the molecule is CCC[C@H]1C[C@@H](O)O[C@@H]1CO[Si](c1ccccc1)(c1ccccc1)C(C)(C)C.CCC[C@H]1C[C@H](O)O[C@@H]1CO[Si](c1ccccc1)(c1ccccc1)C(C)(C)C. The summed E-state index contributed by atoms with van der Waals surface area (Å²) in [5.74, 6) is 0.719. The standard InChI is InChI=1S/2C24H34O3Si/c2*1-5-12-19-17-23(25)27-22(19)18-26-28(24(2,3)4,20-13-8-6-9-14-20)21-15-10-7-11-16-21/h2*6-11,13-16,19,22-23,25H,5,12,17-18H2,1-4H3/t19-,22+,23+;19-,22+,23-/m00/s1. The van der Waals surface area contributed by atoms with Gasteiger partial charge in [-0.3, -0.25) is 0 Å². The van der Waals surface area contributed by atoms with Crippen molar-refractivity contribution in [3.8, 4) is 0 Å². The summed E-state index contributed by atoms with van der Waals surface area (Å²) in [5.41, 5.74) is 0. The molecule has 2 N–H and O–H groups in total. The van der Waals surface area contributed by atoms with E-state index in [4.69, 9.17) is 18.3 Å². The molecule has 2 aliphatic heterocycles. The van der Waals surface area contributed by atoms with Gasteiger partial charge in [0, 0.05) is 12.8 Å². The minimum Gasteiger partial charge on any atom is -0.405 e. The van der Waals surface area contributed by atoms with Crippen LogP contribution in [0.3, 0.4) is 0 Å². The molecule has 0 bridgehead atoms. The van der Waals surface area contributed by atoms with Gasteiger partial charge in [-0.15, -0.1) is 0 Å². The molecule has 0 unspecified atom stereocenters. The number of benzene rings is 4. The molecule has 2 fully saturated rings. The number of rotatable bonds is 14. The van der Waals surface area contributed by atoms with Crippen LogP contribution in [-0.4, -0.2) is 64.8 Å². The highest BCUT2D eigenvalue weighted by atomic mass is 28.4. The van der Waals surface area contributed by atoms with E-state index in [-0.39, 0.29) is 22.3 Å². The van der Waals surface area contributed by atoms with E-state index in [9.17, 15) is 10.2 Å². The summed E-state index contributed by atoms with van der Waals surface area (Å²) in [6, 6.07) is 42.7. The molecule has 0 radical (unpaired) electrons. The van der Waals surface area contributed by atoms with Gasteiger partial charge in [0.25, 0.3) is 16.6 Å².